The number of aromatic nitrogens is 1. The lowest BCUT2D eigenvalue weighted by atomic mass is 9.84. The smallest absolute Gasteiger partial charge is 0.265 e. The molecule has 1 amide bonds. The van der Waals surface area contributed by atoms with E-state index in [9.17, 15) is 14.7 Å². The van der Waals surface area contributed by atoms with Gasteiger partial charge in [0.25, 0.3) is 11.5 Å². The summed E-state index contributed by atoms with van der Waals surface area (Å²) in [6, 6.07) is 7.84. The van der Waals surface area contributed by atoms with Gasteiger partial charge >= 0.3 is 0 Å². The first-order valence-corrected chi connectivity index (χ1v) is 9.72. The highest BCUT2D eigenvalue weighted by Crippen LogP contribution is 2.33. The van der Waals surface area contributed by atoms with E-state index in [0.717, 1.165) is 0 Å². The molecule has 0 radical (unpaired) electrons. The summed E-state index contributed by atoms with van der Waals surface area (Å²) in [4.78, 5) is 27.6. The van der Waals surface area contributed by atoms with Crippen molar-refractivity contribution in [1.29, 1.82) is 0 Å². The van der Waals surface area contributed by atoms with Crippen molar-refractivity contribution in [2.45, 2.75) is 51.0 Å². The van der Waals surface area contributed by atoms with Crippen molar-refractivity contribution < 1.29 is 9.90 Å². The molecule has 0 spiro atoms. The zero-order chi connectivity index (χ0) is 18.8. The first kappa shape index (κ1) is 17.8. The first-order chi connectivity index (χ1) is 13.1. The number of rotatable bonds is 3. The van der Waals surface area contributed by atoms with Crippen molar-refractivity contribution in [3.8, 4) is 5.75 Å². The number of nitrogens with one attached hydrogen (secondary N) is 3. The second-order valence-electron chi connectivity index (χ2n) is 7.47. The van der Waals surface area contributed by atoms with E-state index in [2.05, 4.69) is 15.6 Å². The number of aromatic amines is 1. The Morgan fingerprint density at radius 2 is 1.85 bits per heavy atom. The number of benzene rings is 1. The lowest BCUT2D eigenvalue weighted by Gasteiger charge is -2.22. The Labute approximate surface area is 158 Å². The molecule has 0 saturated heterocycles. The van der Waals surface area contributed by atoms with Crippen molar-refractivity contribution in [2.75, 3.05) is 11.9 Å². The molecule has 1 fully saturated rings. The molecule has 2 aliphatic rings. The molecule has 27 heavy (non-hydrogen) atoms. The van der Waals surface area contributed by atoms with E-state index in [4.69, 9.17) is 0 Å². The third-order valence-corrected chi connectivity index (χ3v) is 5.70. The van der Waals surface area contributed by atoms with Crippen LogP contribution in [0.4, 0.5) is 5.69 Å². The Hall–Kier alpha value is -2.60. The van der Waals surface area contributed by atoms with Crippen molar-refractivity contribution in [3.63, 3.8) is 0 Å². The number of carbonyl (C=O) groups excluding carboxylic acids is 1. The minimum Gasteiger partial charge on any atom is -0.507 e. The predicted octanol–water partition coefficient (Wildman–Crippen LogP) is 3.03. The maximum absolute atomic E-state index is 12.6. The van der Waals surface area contributed by atoms with Crippen LogP contribution >= 0.6 is 0 Å². The van der Waals surface area contributed by atoms with Gasteiger partial charge in [0.2, 0.25) is 0 Å². The number of pyridine rings is 1. The summed E-state index contributed by atoms with van der Waals surface area (Å²) < 4.78 is 0. The van der Waals surface area contributed by atoms with E-state index in [0.29, 0.717) is 42.4 Å². The maximum Gasteiger partial charge on any atom is 0.265 e. The highest BCUT2D eigenvalue weighted by atomic mass is 16.3. The largest absolute Gasteiger partial charge is 0.507 e. The number of carbonyl (C=O) groups is 1. The Bertz CT molecular complexity index is 896. The molecule has 0 atom stereocenters. The van der Waals surface area contributed by atoms with Crippen molar-refractivity contribution in [2.24, 2.45) is 0 Å². The molecule has 1 aromatic heterocycles. The van der Waals surface area contributed by atoms with Crippen LogP contribution in [0.1, 0.15) is 65.2 Å². The molecule has 1 aromatic carbocycles. The zero-order valence-corrected chi connectivity index (χ0v) is 15.3. The number of anilines is 1. The summed E-state index contributed by atoms with van der Waals surface area (Å²) in [5.74, 6) is -0.184. The number of amides is 1. The average molecular weight is 367 g/mol. The van der Waals surface area contributed by atoms with Gasteiger partial charge in [-0.05, 0) is 49.4 Å². The summed E-state index contributed by atoms with van der Waals surface area (Å²) in [6.07, 6.45) is 6.89. The zero-order valence-electron chi connectivity index (χ0n) is 15.3. The number of hydrogen-bond donors (Lipinski definition) is 4. The van der Waals surface area contributed by atoms with Crippen LogP contribution in [0.5, 0.6) is 5.75 Å². The van der Waals surface area contributed by atoms with Crippen LogP contribution in [0.2, 0.25) is 0 Å². The maximum atomic E-state index is 12.6. The number of hydrogen-bond acceptors (Lipinski definition) is 4. The van der Waals surface area contributed by atoms with Crippen LogP contribution in [-0.2, 0) is 13.0 Å². The second-order valence-corrected chi connectivity index (χ2v) is 7.47. The van der Waals surface area contributed by atoms with Gasteiger partial charge in [0.05, 0.1) is 0 Å². The fourth-order valence-electron chi connectivity index (χ4n) is 4.20. The quantitative estimate of drug-likeness (QED) is 0.671. The van der Waals surface area contributed by atoms with E-state index in [1.807, 2.05) is 24.3 Å². The highest BCUT2D eigenvalue weighted by molar-refractivity contribution is 6.06. The third-order valence-electron chi connectivity index (χ3n) is 5.70. The van der Waals surface area contributed by atoms with Gasteiger partial charge in [-0.1, -0.05) is 31.4 Å². The summed E-state index contributed by atoms with van der Waals surface area (Å²) in [7, 11) is 0. The lowest BCUT2D eigenvalue weighted by molar-refractivity contribution is 0.102. The molecule has 0 bridgehead atoms. The van der Waals surface area contributed by atoms with Crippen LogP contribution in [0, 0.1) is 0 Å². The molecule has 6 heteroatoms. The molecule has 2 heterocycles. The molecule has 1 aliphatic heterocycles. The van der Waals surface area contributed by atoms with E-state index >= 15 is 0 Å². The molecular weight excluding hydrogens is 342 g/mol. The molecule has 142 valence electrons. The van der Waals surface area contributed by atoms with Gasteiger partial charge in [0, 0.05) is 23.5 Å². The summed E-state index contributed by atoms with van der Waals surface area (Å²) in [6.45, 7) is 1.19. The second kappa shape index (κ2) is 7.56. The van der Waals surface area contributed by atoms with Crippen LogP contribution in [-0.4, -0.2) is 22.5 Å². The van der Waals surface area contributed by atoms with E-state index in [1.54, 1.807) is 0 Å². The van der Waals surface area contributed by atoms with Crippen LogP contribution in [0.25, 0.3) is 0 Å². The Morgan fingerprint density at radius 1 is 1.11 bits per heavy atom. The summed E-state index contributed by atoms with van der Waals surface area (Å²) in [5.41, 5.74) is 2.44. The normalized spacial score (nSPS) is 17.3. The van der Waals surface area contributed by atoms with Crippen molar-refractivity contribution in [1.82, 2.24) is 10.3 Å². The van der Waals surface area contributed by atoms with E-state index < -0.39 is 11.5 Å². The third kappa shape index (κ3) is 3.62. The molecule has 4 N–H and O–H groups in total. The molecule has 0 unspecified atom stereocenters. The monoisotopic (exact) mass is 367 g/mol. The van der Waals surface area contributed by atoms with Crippen LogP contribution < -0.4 is 16.2 Å². The summed E-state index contributed by atoms with van der Waals surface area (Å²) >= 11 is 0. The van der Waals surface area contributed by atoms with Gasteiger partial charge in [-0.25, -0.2) is 0 Å². The summed E-state index contributed by atoms with van der Waals surface area (Å²) in [5, 5.41) is 16.3. The topological polar surface area (TPSA) is 94.2 Å². The van der Waals surface area contributed by atoms with Gasteiger partial charge in [0.1, 0.15) is 11.3 Å². The molecule has 1 saturated carbocycles. The first-order valence-electron chi connectivity index (χ1n) is 9.72. The Morgan fingerprint density at radius 3 is 2.59 bits per heavy atom. The highest BCUT2D eigenvalue weighted by Gasteiger charge is 2.24. The molecule has 6 nitrogen and oxygen atoms in total. The fourth-order valence-corrected chi connectivity index (χ4v) is 4.20. The van der Waals surface area contributed by atoms with Crippen LogP contribution in [0.15, 0.2) is 29.1 Å². The molecular formula is C21H25N3O3. The van der Waals surface area contributed by atoms with Gasteiger partial charge in [-0.2, -0.15) is 0 Å². The van der Waals surface area contributed by atoms with Gasteiger partial charge in [0.15, 0.2) is 0 Å². The van der Waals surface area contributed by atoms with E-state index in [-0.39, 0.29) is 11.3 Å². The number of H-pyrrole nitrogens is 1. The van der Waals surface area contributed by atoms with Crippen molar-refractivity contribution in [3.05, 3.63) is 57.0 Å². The number of fused-ring (bicyclic) bond motifs is 1. The molecule has 1 aliphatic carbocycles. The predicted molar refractivity (Wildman–Crippen MR) is 104 cm³/mol. The lowest BCUT2D eigenvalue weighted by Crippen LogP contribution is -2.31. The van der Waals surface area contributed by atoms with E-state index in [1.165, 1.54) is 37.7 Å². The standard InChI is InChI=1S/C21H25N3O3/c25-19-16-10-11-22-12-17(16)24-21(27)18(19)20(26)23-15-8-6-14(7-9-15)13-4-2-1-3-5-13/h6-9,13,22H,1-5,10-12H2,(H,23,26)(H2,24,25,27). The Kier molecular flexibility index (Phi) is 4.99. The fraction of sp³-hybridized carbons (Fsp3) is 0.429. The van der Waals surface area contributed by atoms with Crippen LogP contribution in [0.3, 0.4) is 0 Å². The Balaban J connectivity index is 1.53. The van der Waals surface area contributed by atoms with Gasteiger partial charge in [-0.3, -0.25) is 9.59 Å². The minimum atomic E-state index is -0.583. The average Bonchev–Trinajstić information content (AvgIpc) is 2.69. The molecule has 4 rings (SSSR count). The van der Waals surface area contributed by atoms with Crippen molar-refractivity contribution >= 4 is 11.6 Å². The number of aromatic hydroxyl groups is 1. The minimum absolute atomic E-state index is 0.202. The molecule has 2 aromatic rings. The van der Waals surface area contributed by atoms with Gasteiger partial charge in [-0.15, -0.1) is 0 Å². The SMILES string of the molecule is O=C(Nc1ccc(C2CCCCC2)cc1)c1c(O)c2c([nH]c1=O)CNCC2. The van der Waals surface area contributed by atoms with Gasteiger partial charge < -0.3 is 20.7 Å².